The molecule has 1 heterocycles. The molecule has 4 N–H and O–H groups in total. The first-order valence-corrected chi connectivity index (χ1v) is 10.4. The summed E-state index contributed by atoms with van der Waals surface area (Å²) in [5.74, 6) is -3.18. The van der Waals surface area contributed by atoms with E-state index >= 15 is 0 Å². The highest BCUT2D eigenvalue weighted by atomic mass is 19.4. The molecule has 0 aliphatic carbocycles. The molecule has 0 saturated carbocycles. The van der Waals surface area contributed by atoms with E-state index in [4.69, 9.17) is 21.1 Å². The lowest BCUT2D eigenvalue weighted by Gasteiger charge is -2.43. The predicted octanol–water partition coefficient (Wildman–Crippen LogP) is 3.69. The normalized spacial score (nSPS) is 16.9. The number of nitrogens with two attached hydrogens (primary N) is 1. The third-order valence-corrected chi connectivity index (χ3v) is 5.30. The Bertz CT molecular complexity index is 1290. The number of alkyl halides is 3. The van der Waals surface area contributed by atoms with E-state index in [0.717, 1.165) is 24.1 Å². The van der Waals surface area contributed by atoms with Crippen LogP contribution in [0.2, 0.25) is 0 Å². The van der Waals surface area contributed by atoms with Crippen LogP contribution in [0.1, 0.15) is 18.9 Å². The Hall–Kier alpha value is -4.86. The molecule has 10 nitrogen and oxygen atoms in total. The number of ether oxygens (including phenoxy) is 1. The monoisotopic (exact) mass is 517 g/mol. The summed E-state index contributed by atoms with van der Waals surface area (Å²) in [5, 5.41) is 27.3. The van der Waals surface area contributed by atoms with E-state index in [1.807, 2.05) is 0 Å². The van der Waals surface area contributed by atoms with Gasteiger partial charge in [-0.25, -0.2) is 9.59 Å². The van der Waals surface area contributed by atoms with Gasteiger partial charge in [-0.3, -0.25) is 20.0 Å². The first-order valence-electron chi connectivity index (χ1n) is 10.4. The fourth-order valence-electron chi connectivity index (χ4n) is 3.69. The first-order chi connectivity index (χ1) is 17.3. The molecule has 1 atom stereocenters. The Labute approximate surface area is 209 Å². The third kappa shape index (κ3) is 6.04. The standard InChI is InChI=1S/C24H22F3N5O5/c1-4-14(12-28)8-9-15(10-18(33)34)20-19(21(35)37-3)13(2)31(22(29)32(20)23(30)36)17-7-5-6-16(11-17)24(25,26)27/h4-9,11,20,29H,1,10H2,2-3H3,(H2,30,36)(H,33,34)/b14-8+,15-9+,29-22?/t20-/m1/s1. The topological polar surface area (TPSA) is 161 Å². The molecule has 0 spiro atoms. The van der Waals surface area contributed by atoms with E-state index in [1.54, 1.807) is 6.07 Å². The predicted molar refractivity (Wildman–Crippen MR) is 126 cm³/mol. The summed E-state index contributed by atoms with van der Waals surface area (Å²) >= 11 is 0. The number of esters is 1. The van der Waals surface area contributed by atoms with Gasteiger partial charge in [0.1, 0.15) is 0 Å². The molecule has 0 radical (unpaired) electrons. The number of nitrogens with one attached hydrogen (secondary N) is 1. The number of primary amides is 1. The number of carboxylic acids is 1. The van der Waals surface area contributed by atoms with Crippen LogP contribution in [0.25, 0.3) is 0 Å². The van der Waals surface area contributed by atoms with Gasteiger partial charge in [0.2, 0.25) is 5.96 Å². The highest BCUT2D eigenvalue weighted by molar-refractivity contribution is 6.11. The molecule has 0 bridgehead atoms. The Morgan fingerprint density at radius 3 is 2.46 bits per heavy atom. The number of carbonyl (C=O) groups excluding carboxylic acids is 2. The second kappa shape index (κ2) is 11.3. The lowest BCUT2D eigenvalue weighted by atomic mass is 9.90. The quantitative estimate of drug-likeness (QED) is 0.282. The lowest BCUT2D eigenvalue weighted by molar-refractivity contribution is -0.138. The van der Waals surface area contributed by atoms with Gasteiger partial charge >= 0.3 is 24.1 Å². The smallest absolute Gasteiger partial charge is 0.416 e. The number of anilines is 1. The Kier molecular flexibility index (Phi) is 8.63. The number of rotatable bonds is 7. The molecule has 0 saturated heterocycles. The Balaban J connectivity index is 2.93. The number of allylic oxidation sites excluding steroid dienone is 5. The molecule has 194 valence electrons. The maximum atomic E-state index is 13.4. The van der Waals surface area contributed by atoms with Crippen molar-refractivity contribution in [1.82, 2.24) is 4.90 Å². The molecule has 2 amide bonds. The van der Waals surface area contributed by atoms with Crippen LogP contribution in [0.5, 0.6) is 0 Å². The molecular weight excluding hydrogens is 495 g/mol. The zero-order valence-electron chi connectivity index (χ0n) is 19.7. The van der Waals surface area contributed by atoms with Crippen LogP contribution in [0.15, 0.2) is 71.5 Å². The minimum absolute atomic E-state index is 0.0188. The fourth-order valence-corrected chi connectivity index (χ4v) is 3.69. The van der Waals surface area contributed by atoms with Gasteiger partial charge in [-0.1, -0.05) is 24.8 Å². The van der Waals surface area contributed by atoms with Crippen molar-refractivity contribution < 1.29 is 37.4 Å². The number of hydrogen-bond acceptors (Lipinski definition) is 6. The average Bonchev–Trinajstić information content (AvgIpc) is 2.82. The number of halogens is 3. The summed E-state index contributed by atoms with van der Waals surface area (Å²) < 4.78 is 44.9. The molecule has 1 aromatic rings. The van der Waals surface area contributed by atoms with Crippen LogP contribution in [-0.2, 0) is 20.5 Å². The summed E-state index contributed by atoms with van der Waals surface area (Å²) in [6, 6.07) is 2.74. The number of nitrogens with zero attached hydrogens (tertiary/aromatic N) is 3. The van der Waals surface area contributed by atoms with Crippen LogP contribution >= 0.6 is 0 Å². The van der Waals surface area contributed by atoms with Crippen molar-refractivity contribution >= 4 is 29.6 Å². The second-order valence-electron chi connectivity index (χ2n) is 7.56. The van der Waals surface area contributed by atoms with E-state index in [-0.39, 0.29) is 28.1 Å². The van der Waals surface area contributed by atoms with Crippen LogP contribution in [0, 0.1) is 16.7 Å². The van der Waals surface area contributed by atoms with Gasteiger partial charge in [0.15, 0.2) is 0 Å². The highest BCUT2D eigenvalue weighted by Gasteiger charge is 2.45. The number of nitriles is 1. The summed E-state index contributed by atoms with van der Waals surface area (Å²) in [4.78, 5) is 38.6. The van der Waals surface area contributed by atoms with E-state index < -0.39 is 48.1 Å². The number of hydrogen-bond donors (Lipinski definition) is 3. The van der Waals surface area contributed by atoms with E-state index in [0.29, 0.717) is 11.0 Å². The number of methoxy groups -OCH3 is 1. The molecule has 13 heteroatoms. The number of amides is 2. The van der Waals surface area contributed by atoms with Gasteiger partial charge in [-0.05, 0) is 36.8 Å². The second-order valence-corrected chi connectivity index (χ2v) is 7.56. The molecule has 37 heavy (non-hydrogen) atoms. The molecular formula is C24H22F3N5O5. The number of carboxylic acid groups (broad SMARTS) is 1. The van der Waals surface area contributed by atoms with Crippen molar-refractivity contribution in [2.75, 3.05) is 12.0 Å². The molecule has 1 aliphatic rings. The minimum Gasteiger partial charge on any atom is -0.481 e. The van der Waals surface area contributed by atoms with Gasteiger partial charge in [0.05, 0.1) is 42.4 Å². The zero-order valence-corrected chi connectivity index (χ0v) is 19.7. The van der Waals surface area contributed by atoms with E-state index in [2.05, 4.69) is 6.58 Å². The van der Waals surface area contributed by atoms with Crippen molar-refractivity contribution in [1.29, 1.82) is 10.7 Å². The van der Waals surface area contributed by atoms with Crippen LogP contribution in [0.4, 0.5) is 23.7 Å². The molecule has 1 aliphatic heterocycles. The van der Waals surface area contributed by atoms with Gasteiger partial charge < -0.3 is 15.6 Å². The number of urea groups is 1. The maximum absolute atomic E-state index is 13.4. The molecule has 0 unspecified atom stereocenters. The Morgan fingerprint density at radius 1 is 1.32 bits per heavy atom. The molecule has 0 aromatic heterocycles. The number of guanidine groups is 1. The number of benzene rings is 1. The number of carbonyl (C=O) groups is 3. The molecule has 2 rings (SSSR count). The lowest BCUT2D eigenvalue weighted by Crippen LogP contribution is -2.59. The SMILES string of the molecule is C=C/C(C#N)=C\C=C(/CC(=O)O)[C@@H]1C(C(=O)OC)=C(C)N(c2cccc(C(F)(F)F)c2)C(=N)N1C(N)=O. The van der Waals surface area contributed by atoms with Crippen LogP contribution < -0.4 is 10.6 Å². The van der Waals surface area contributed by atoms with Crippen molar-refractivity contribution in [3.63, 3.8) is 0 Å². The van der Waals surface area contributed by atoms with Gasteiger partial charge in [0.25, 0.3) is 0 Å². The summed E-state index contributed by atoms with van der Waals surface area (Å²) in [5.41, 5.74) is 3.66. The highest BCUT2D eigenvalue weighted by Crippen LogP contribution is 2.38. The zero-order chi connectivity index (χ0) is 28.1. The third-order valence-electron chi connectivity index (χ3n) is 5.30. The average molecular weight is 517 g/mol. The molecule has 1 aromatic carbocycles. The first kappa shape index (κ1) is 28.4. The van der Waals surface area contributed by atoms with Crippen LogP contribution in [-0.4, -0.2) is 47.1 Å². The van der Waals surface area contributed by atoms with Crippen molar-refractivity contribution in [2.45, 2.75) is 25.6 Å². The van der Waals surface area contributed by atoms with Crippen molar-refractivity contribution in [3.05, 3.63) is 77.1 Å². The summed E-state index contributed by atoms with van der Waals surface area (Å²) in [6.07, 6.45) is -1.95. The van der Waals surface area contributed by atoms with Gasteiger partial charge in [-0.15, -0.1) is 0 Å². The van der Waals surface area contributed by atoms with Crippen molar-refractivity contribution in [3.8, 4) is 6.07 Å². The maximum Gasteiger partial charge on any atom is 0.416 e. The fraction of sp³-hybridized carbons (Fsp3) is 0.208. The summed E-state index contributed by atoms with van der Waals surface area (Å²) in [7, 11) is 1.01. The van der Waals surface area contributed by atoms with Crippen LogP contribution in [0.3, 0.4) is 0 Å². The van der Waals surface area contributed by atoms with Gasteiger partial charge in [-0.2, -0.15) is 18.4 Å². The number of aliphatic carboxylic acids is 1. The van der Waals surface area contributed by atoms with Gasteiger partial charge in [0, 0.05) is 11.4 Å². The minimum atomic E-state index is -4.73. The summed E-state index contributed by atoms with van der Waals surface area (Å²) in [6.45, 7) is 4.75. The van der Waals surface area contributed by atoms with Crippen molar-refractivity contribution in [2.24, 2.45) is 5.73 Å². The molecule has 0 fully saturated rings. The Morgan fingerprint density at radius 2 is 1.97 bits per heavy atom. The largest absolute Gasteiger partial charge is 0.481 e. The van der Waals surface area contributed by atoms with E-state index in [9.17, 15) is 32.7 Å². The van der Waals surface area contributed by atoms with E-state index in [1.165, 1.54) is 31.2 Å².